The van der Waals surface area contributed by atoms with Gasteiger partial charge in [0.1, 0.15) is 11.0 Å². The van der Waals surface area contributed by atoms with E-state index < -0.39 is 0 Å². The van der Waals surface area contributed by atoms with Crippen LogP contribution in [0.15, 0.2) is 142 Å². The van der Waals surface area contributed by atoms with Crippen LogP contribution in [0.4, 0.5) is 0 Å². The zero-order valence-corrected chi connectivity index (χ0v) is 25.9. The first-order valence-corrected chi connectivity index (χ1v) is 16.7. The molecule has 4 heterocycles. The van der Waals surface area contributed by atoms with Gasteiger partial charge in [-0.1, -0.05) is 72.8 Å². The number of rotatable bonds is 4. The van der Waals surface area contributed by atoms with Crippen LogP contribution in [0, 0.1) is 0 Å². The van der Waals surface area contributed by atoms with Gasteiger partial charge in [-0.25, -0.2) is 9.97 Å². The Bertz CT molecular complexity index is 2490. The Morgan fingerprint density at radius 1 is 0.391 bits per heavy atom. The van der Waals surface area contributed by atoms with E-state index in [1.807, 2.05) is 71.2 Å². The minimum Gasteiger partial charge on any atom is -0.436 e. The molecule has 0 aliphatic carbocycles. The molecule has 0 fully saturated rings. The van der Waals surface area contributed by atoms with E-state index in [0.29, 0.717) is 11.8 Å². The lowest BCUT2D eigenvalue weighted by Gasteiger charge is -2.04. The number of nitrogens with zero attached hydrogens (tertiary/aromatic N) is 2. The van der Waals surface area contributed by atoms with E-state index in [2.05, 4.69) is 94.9 Å². The molecule has 6 aromatic carbocycles. The molecule has 0 unspecified atom stereocenters. The van der Waals surface area contributed by atoms with Crippen molar-refractivity contribution in [1.29, 1.82) is 0 Å². The van der Waals surface area contributed by atoms with Gasteiger partial charge in [0, 0.05) is 31.3 Å². The van der Waals surface area contributed by atoms with Crippen molar-refractivity contribution in [3.05, 3.63) is 133 Å². The van der Waals surface area contributed by atoms with Gasteiger partial charge in [-0.3, -0.25) is 0 Å². The first-order chi connectivity index (χ1) is 22.7. The molecule has 10 aromatic rings. The van der Waals surface area contributed by atoms with Crippen molar-refractivity contribution in [2.75, 3.05) is 0 Å². The molecule has 0 aliphatic rings. The summed E-state index contributed by atoms with van der Waals surface area (Å²) >= 11 is 3.76. The number of oxazole rings is 2. The van der Waals surface area contributed by atoms with Gasteiger partial charge in [-0.15, -0.1) is 22.7 Å². The maximum absolute atomic E-state index is 5.97. The fourth-order valence-electron chi connectivity index (χ4n) is 6.22. The summed E-state index contributed by atoms with van der Waals surface area (Å²) in [4.78, 5) is 9.29. The van der Waals surface area contributed by atoms with E-state index in [0.717, 1.165) is 33.3 Å². The number of thiophene rings is 2. The molecule has 0 saturated heterocycles. The maximum atomic E-state index is 5.97. The molecule has 0 radical (unpaired) electrons. The lowest BCUT2D eigenvalue weighted by Crippen LogP contribution is -1.80. The number of hydrogen-bond donors (Lipinski definition) is 0. The summed E-state index contributed by atoms with van der Waals surface area (Å²) in [6, 6.07) is 46.4. The Labute approximate surface area is 270 Å². The van der Waals surface area contributed by atoms with Gasteiger partial charge in [0.25, 0.3) is 0 Å². The molecule has 4 aromatic heterocycles. The van der Waals surface area contributed by atoms with Crippen LogP contribution in [-0.4, -0.2) is 9.97 Å². The average Bonchev–Trinajstić information content (AvgIpc) is 3.89. The minimum absolute atomic E-state index is 0.647. The van der Waals surface area contributed by atoms with Gasteiger partial charge in [0.15, 0.2) is 11.2 Å². The number of fused-ring (bicyclic) bond motifs is 7. The second-order valence-electron chi connectivity index (χ2n) is 11.4. The summed E-state index contributed by atoms with van der Waals surface area (Å²) in [6.45, 7) is 0. The van der Waals surface area contributed by atoms with Gasteiger partial charge in [-0.2, -0.15) is 0 Å². The van der Waals surface area contributed by atoms with Gasteiger partial charge in [0.05, 0.1) is 9.40 Å². The first kappa shape index (κ1) is 25.7. The molecule has 0 aliphatic heterocycles. The van der Waals surface area contributed by atoms with E-state index in [-0.39, 0.29) is 0 Å². The zero-order valence-electron chi connectivity index (χ0n) is 24.2. The summed E-state index contributed by atoms with van der Waals surface area (Å²) in [5, 5.41) is 2.63. The molecule has 46 heavy (non-hydrogen) atoms. The number of para-hydroxylation sites is 4. The van der Waals surface area contributed by atoms with Crippen molar-refractivity contribution < 1.29 is 8.83 Å². The highest BCUT2D eigenvalue weighted by atomic mass is 32.1. The molecule has 6 heteroatoms. The monoisotopic (exact) mass is 626 g/mol. The highest BCUT2D eigenvalue weighted by molar-refractivity contribution is 7.36. The van der Waals surface area contributed by atoms with Crippen LogP contribution in [0.2, 0.25) is 0 Å². The molecule has 216 valence electrons. The molecule has 0 bridgehead atoms. The maximum Gasteiger partial charge on any atom is 0.227 e. The molecular weight excluding hydrogens is 605 g/mol. The van der Waals surface area contributed by atoms with Crippen molar-refractivity contribution in [2.45, 2.75) is 0 Å². The molecule has 0 saturated carbocycles. The van der Waals surface area contributed by atoms with Crippen LogP contribution in [0.5, 0.6) is 0 Å². The van der Waals surface area contributed by atoms with Gasteiger partial charge >= 0.3 is 0 Å². The number of hydrogen-bond acceptors (Lipinski definition) is 6. The molecule has 0 spiro atoms. The second-order valence-corrected chi connectivity index (χ2v) is 13.5. The van der Waals surface area contributed by atoms with E-state index in [1.165, 1.54) is 51.8 Å². The zero-order chi connectivity index (χ0) is 30.2. The van der Waals surface area contributed by atoms with E-state index in [9.17, 15) is 0 Å². The quantitative estimate of drug-likeness (QED) is 0.195. The van der Waals surface area contributed by atoms with Crippen LogP contribution in [-0.2, 0) is 0 Å². The van der Waals surface area contributed by atoms with Crippen molar-refractivity contribution in [1.82, 2.24) is 9.97 Å². The standard InChI is InChI=1S/C40H22N2O2S2/c1-3-7-33-31(5-1)41-39(43-33)25-13-9-23(10-14-25)27-17-19-29-35(21-27)45-38-30-20-18-28(22-36(30)46-37(29)38)24-11-15-26(16-12-24)40-42-32-6-2-4-8-34(32)44-40/h1-22H. The van der Waals surface area contributed by atoms with Crippen molar-refractivity contribution in [2.24, 2.45) is 0 Å². The third kappa shape index (κ3) is 4.11. The Hall–Kier alpha value is -5.56. The van der Waals surface area contributed by atoms with Crippen molar-refractivity contribution in [3.63, 3.8) is 0 Å². The van der Waals surface area contributed by atoms with E-state index in [1.54, 1.807) is 0 Å². The topological polar surface area (TPSA) is 52.1 Å². The minimum atomic E-state index is 0.647. The number of aromatic nitrogens is 2. The first-order valence-electron chi connectivity index (χ1n) is 15.1. The van der Waals surface area contributed by atoms with Crippen LogP contribution < -0.4 is 0 Å². The second kappa shape index (κ2) is 9.97. The summed E-state index contributed by atoms with van der Waals surface area (Å²) < 4.78 is 17.3. The van der Waals surface area contributed by atoms with Gasteiger partial charge in [-0.05, 0) is 82.9 Å². The Morgan fingerprint density at radius 2 is 0.783 bits per heavy atom. The lowest BCUT2D eigenvalue weighted by molar-refractivity contribution is 0.619. The smallest absolute Gasteiger partial charge is 0.227 e. The normalized spacial score (nSPS) is 11.9. The van der Waals surface area contributed by atoms with Crippen molar-refractivity contribution in [3.8, 4) is 45.2 Å². The van der Waals surface area contributed by atoms with Crippen LogP contribution in [0.1, 0.15) is 0 Å². The highest BCUT2D eigenvalue weighted by Crippen LogP contribution is 2.46. The summed E-state index contributed by atoms with van der Waals surface area (Å²) in [5.74, 6) is 1.29. The summed E-state index contributed by atoms with van der Waals surface area (Å²) in [7, 11) is 0. The molecule has 10 rings (SSSR count). The van der Waals surface area contributed by atoms with E-state index >= 15 is 0 Å². The molecule has 0 amide bonds. The largest absolute Gasteiger partial charge is 0.436 e. The molecule has 4 nitrogen and oxygen atoms in total. The highest BCUT2D eigenvalue weighted by Gasteiger charge is 2.15. The Morgan fingerprint density at radius 3 is 1.22 bits per heavy atom. The van der Waals surface area contributed by atoms with Crippen LogP contribution >= 0.6 is 22.7 Å². The van der Waals surface area contributed by atoms with Gasteiger partial charge in [0.2, 0.25) is 11.8 Å². The Balaban J connectivity index is 0.950. The Kier molecular flexibility index (Phi) is 5.58. The average molecular weight is 627 g/mol. The fourth-order valence-corrected chi connectivity index (χ4v) is 8.95. The summed E-state index contributed by atoms with van der Waals surface area (Å²) in [5.41, 5.74) is 10.1. The van der Waals surface area contributed by atoms with Crippen molar-refractivity contribution >= 4 is 74.4 Å². The fraction of sp³-hybridized carbons (Fsp3) is 0. The molecular formula is C40H22N2O2S2. The van der Waals surface area contributed by atoms with E-state index in [4.69, 9.17) is 8.83 Å². The third-order valence-corrected chi connectivity index (χ3v) is 11.1. The predicted molar refractivity (Wildman–Crippen MR) is 192 cm³/mol. The molecule has 0 N–H and O–H groups in total. The van der Waals surface area contributed by atoms with Gasteiger partial charge < -0.3 is 8.83 Å². The van der Waals surface area contributed by atoms with Crippen LogP contribution in [0.3, 0.4) is 0 Å². The molecule has 0 atom stereocenters. The third-order valence-electron chi connectivity index (χ3n) is 8.60. The lowest BCUT2D eigenvalue weighted by atomic mass is 10.0. The number of benzene rings is 6. The SMILES string of the molecule is c1ccc2oc(-c3ccc(-c4ccc5c(c4)sc4c6ccc(-c7ccc(-c8nc9ccccc9o8)cc7)cc6sc54)cc3)nc2c1. The predicted octanol–water partition coefficient (Wildman–Crippen LogP) is 12.2. The summed E-state index contributed by atoms with van der Waals surface area (Å²) in [6.07, 6.45) is 0. The van der Waals surface area contributed by atoms with Crippen LogP contribution in [0.25, 0.3) is 96.9 Å².